The van der Waals surface area contributed by atoms with E-state index in [1.807, 2.05) is 60.7 Å². The van der Waals surface area contributed by atoms with Crippen molar-refractivity contribution in [2.45, 2.75) is 38.1 Å². The Morgan fingerprint density at radius 2 is 1.61 bits per heavy atom. The van der Waals surface area contributed by atoms with Crippen molar-refractivity contribution in [2.75, 3.05) is 13.2 Å². The van der Waals surface area contributed by atoms with Crippen molar-refractivity contribution < 1.29 is 24.4 Å². The average Bonchev–Trinajstić information content (AvgIpc) is 3.17. The minimum absolute atomic E-state index is 0.0372. The number of aliphatic hydroxyl groups excluding tert-OH is 2. The summed E-state index contributed by atoms with van der Waals surface area (Å²) < 4.78 is 17.1. The zero-order valence-corrected chi connectivity index (χ0v) is 17.8. The highest BCUT2D eigenvalue weighted by molar-refractivity contribution is 5.20. The lowest BCUT2D eigenvalue weighted by molar-refractivity contribution is -0.122. The highest BCUT2D eigenvalue weighted by Gasteiger charge is 2.35. The van der Waals surface area contributed by atoms with E-state index in [1.165, 1.54) is 0 Å². The summed E-state index contributed by atoms with van der Waals surface area (Å²) in [6, 6.07) is 20.0. The van der Waals surface area contributed by atoms with Crippen LogP contribution in [0.4, 0.5) is 0 Å². The van der Waals surface area contributed by atoms with E-state index in [2.05, 4.69) is 13.2 Å². The van der Waals surface area contributed by atoms with E-state index >= 15 is 0 Å². The molecule has 0 spiro atoms. The number of aliphatic hydroxyl groups is 2. The SMILES string of the molecule is C=C/C=C(\C=C)CO.OC1C[C@@H](OCc2ccccc2)[C@H](COCc2ccccc2)O1. The van der Waals surface area contributed by atoms with Crippen LogP contribution >= 0.6 is 0 Å². The summed E-state index contributed by atoms with van der Waals surface area (Å²) in [5.74, 6) is 0. The molecule has 5 heteroatoms. The largest absolute Gasteiger partial charge is 0.392 e. The van der Waals surface area contributed by atoms with Crippen LogP contribution in [0.2, 0.25) is 0 Å². The fourth-order valence-corrected chi connectivity index (χ4v) is 3.00. The van der Waals surface area contributed by atoms with Gasteiger partial charge in [0.2, 0.25) is 0 Å². The molecule has 1 aliphatic heterocycles. The Hall–Kier alpha value is -2.54. The highest BCUT2D eigenvalue weighted by Crippen LogP contribution is 2.23. The highest BCUT2D eigenvalue weighted by atomic mass is 16.6. The normalized spacial score (nSPS) is 20.6. The van der Waals surface area contributed by atoms with Crippen LogP contribution < -0.4 is 0 Å². The molecule has 0 aromatic heterocycles. The molecule has 1 fully saturated rings. The second kappa shape index (κ2) is 14.5. The summed E-state index contributed by atoms with van der Waals surface area (Å²) in [7, 11) is 0. The lowest BCUT2D eigenvalue weighted by Crippen LogP contribution is -2.29. The van der Waals surface area contributed by atoms with Crippen molar-refractivity contribution in [1.29, 1.82) is 0 Å². The Bertz CT molecular complexity index is 788. The maximum absolute atomic E-state index is 9.73. The molecule has 1 aliphatic rings. The molecular weight excluding hydrogens is 392 g/mol. The van der Waals surface area contributed by atoms with Crippen LogP contribution in [-0.2, 0) is 27.4 Å². The quantitative estimate of drug-likeness (QED) is 0.560. The second-order valence-corrected chi connectivity index (χ2v) is 7.04. The average molecular weight is 425 g/mol. The summed E-state index contributed by atoms with van der Waals surface area (Å²) in [6.07, 6.45) is 4.24. The van der Waals surface area contributed by atoms with Gasteiger partial charge in [-0.2, -0.15) is 0 Å². The van der Waals surface area contributed by atoms with Crippen molar-refractivity contribution in [2.24, 2.45) is 0 Å². The molecule has 3 atom stereocenters. The van der Waals surface area contributed by atoms with E-state index < -0.39 is 6.29 Å². The zero-order chi connectivity index (χ0) is 22.3. The smallest absolute Gasteiger partial charge is 0.157 e. The maximum Gasteiger partial charge on any atom is 0.157 e. The summed E-state index contributed by atoms with van der Waals surface area (Å²) in [4.78, 5) is 0. The summed E-state index contributed by atoms with van der Waals surface area (Å²) >= 11 is 0. The summed E-state index contributed by atoms with van der Waals surface area (Å²) in [5.41, 5.74) is 3.02. The van der Waals surface area contributed by atoms with Gasteiger partial charge in [0, 0.05) is 6.42 Å². The number of benzene rings is 2. The molecule has 2 N–H and O–H groups in total. The number of hydrogen-bond donors (Lipinski definition) is 2. The molecule has 0 radical (unpaired) electrons. The molecule has 1 unspecified atom stereocenters. The van der Waals surface area contributed by atoms with Crippen LogP contribution in [0.25, 0.3) is 0 Å². The first-order chi connectivity index (χ1) is 15.2. The van der Waals surface area contributed by atoms with E-state index in [-0.39, 0.29) is 18.8 Å². The predicted molar refractivity (Wildman–Crippen MR) is 122 cm³/mol. The minimum atomic E-state index is -0.777. The van der Waals surface area contributed by atoms with Gasteiger partial charge in [-0.3, -0.25) is 0 Å². The molecule has 166 valence electrons. The Labute approximate surface area is 184 Å². The molecule has 5 nitrogen and oxygen atoms in total. The fraction of sp³-hybridized carbons (Fsp3) is 0.308. The molecule has 0 amide bonds. The third-order valence-corrected chi connectivity index (χ3v) is 4.66. The van der Waals surface area contributed by atoms with Gasteiger partial charge in [-0.25, -0.2) is 0 Å². The van der Waals surface area contributed by atoms with Gasteiger partial charge >= 0.3 is 0 Å². The Kier molecular flexibility index (Phi) is 11.5. The van der Waals surface area contributed by atoms with Crippen LogP contribution in [0.5, 0.6) is 0 Å². The fourth-order valence-electron chi connectivity index (χ4n) is 3.00. The van der Waals surface area contributed by atoms with Crippen molar-refractivity contribution in [3.05, 3.63) is 109 Å². The van der Waals surface area contributed by atoms with Crippen LogP contribution in [-0.4, -0.2) is 41.9 Å². The van der Waals surface area contributed by atoms with Gasteiger partial charge < -0.3 is 24.4 Å². The van der Waals surface area contributed by atoms with E-state index in [0.29, 0.717) is 26.2 Å². The van der Waals surface area contributed by atoms with E-state index in [9.17, 15) is 5.11 Å². The molecule has 0 saturated carbocycles. The Balaban J connectivity index is 0.000000366. The maximum atomic E-state index is 9.73. The van der Waals surface area contributed by atoms with Gasteiger partial charge in [0.25, 0.3) is 0 Å². The first kappa shape index (κ1) is 24.7. The van der Waals surface area contributed by atoms with E-state index in [0.717, 1.165) is 16.7 Å². The van der Waals surface area contributed by atoms with Crippen LogP contribution in [0.3, 0.4) is 0 Å². The zero-order valence-electron chi connectivity index (χ0n) is 17.8. The first-order valence-corrected chi connectivity index (χ1v) is 10.3. The van der Waals surface area contributed by atoms with Crippen molar-refractivity contribution in [3.8, 4) is 0 Å². The van der Waals surface area contributed by atoms with E-state index in [1.54, 1.807) is 18.2 Å². The Morgan fingerprint density at radius 3 is 2.13 bits per heavy atom. The van der Waals surface area contributed by atoms with Crippen molar-refractivity contribution >= 4 is 0 Å². The number of ether oxygens (including phenoxy) is 3. The second-order valence-electron chi connectivity index (χ2n) is 7.04. The molecule has 0 aliphatic carbocycles. The summed E-state index contributed by atoms with van der Waals surface area (Å²) in [5, 5.41) is 18.2. The van der Waals surface area contributed by atoms with Gasteiger partial charge in [0.15, 0.2) is 6.29 Å². The molecule has 1 heterocycles. The van der Waals surface area contributed by atoms with Gasteiger partial charge in [-0.15, -0.1) is 0 Å². The number of allylic oxidation sites excluding steroid dienone is 2. The monoisotopic (exact) mass is 424 g/mol. The molecule has 1 saturated heterocycles. The molecule has 2 aromatic carbocycles. The van der Waals surface area contributed by atoms with Gasteiger partial charge in [-0.05, 0) is 16.7 Å². The molecule has 0 bridgehead atoms. The van der Waals surface area contributed by atoms with Crippen molar-refractivity contribution in [3.63, 3.8) is 0 Å². The van der Waals surface area contributed by atoms with Gasteiger partial charge in [-0.1, -0.05) is 92.0 Å². The molecule has 3 rings (SSSR count). The van der Waals surface area contributed by atoms with Crippen LogP contribution in [0.15, 0.2) is 97.6 Å². The van der Waals surface area contributed by atoms with Gasteiger partial charge in [0.05, 0.1) is 32.5 Å². The lowest BCUT2D eigenvalue weighted by Gasteiger charge is -2.19. The molecular formula is C26H32O5. The topological polar surface area (TPSA) is 68.2 Å². The lowest BCUT2D eigenvalue weighted by atomic mass is 10.2. The summed E-state index contributed by atoms with van der Waals surface area (Å²) in [6.45, 7) is 8.42. The third-order valence-electron chi connectivity index (χ3n) is 4.66. The van der Waals surface area contributed by atoms with Crippen molar-refractivity contribution in [1.82, 2.24) is 0 Å². The first-order valence-electron chi connectivity index (χ1n) is 10.3. The van der Waals surface area contributed by atoms with Crippen LogP contribution in [0.1, 0.15) is 17.5 Å². The third kappa shape index (κ3) is 9.42. The minimum Gasteiger partial charge on any atom is -0.392 e. The number of hydrogen-bond acceptors (Lipinski definition) is 5. The van der Waals surface area contributed by atoms with Crippen LogP contribution in [0, 0.1) is 0 Å². The predicted octanol–water partition coefficient (Wildman–Crippen LogP) is 4.17. The van der Waals surface area contributed by atoms with E-state index in [4.69, 9.17) is 19.3 Å². The molecule has 2 aromatic rings. The Morgan fingerprint density at radius 1 is 1.00 bits per heavy atom. The number of rotatable bonds is 10. The van der Waals surface area contributed by atoms with Gasteiger partial charge in [0.1, 0.15) is 6.10 Å². The molecule has 31 heavy (non-hydrogen) atoms. The standard InChI is InChI=1S/C19H22O4.C7H10O/c20-19-11-17(22-13-16-9-5-2-6-10-16)18(23-19)14-21-12-15-7-3-1-4-8-15;1-3-5-7(4-2)6-8/h1-10,17-20H,11-14H2;3-5,8H,1-2,6H2/b;7-5+/t17-,18+,19?;/m1./s1.